The van der Waals surface area contributed by atoms with Crippen molar-refractivity contribution in [2.75, 3.05) is 11.4 Å². The van der Waals surface area contributed by atoms with Gasteiger partial charge in [0.25, 0.3) is 0 Å². The number of benzene rings is 1. The second-order valence-electron chi connectivity index (χ2n) is 2.60. The first-order valence-corrected chi connectivity index (χ1v) is 4.09. The van der Waals surface area contributed by atoms with Crippen LogP contribution in [0.4, 0.5) is 5.69 Å². The zero-order valence-electron chi connectivity index (χ0n) is 7.45. The molecule has 0 radical (unpaired) electrons. The van der Waals surface area contributed by atoms with E-state index in [-0.39, 0.29) is 5.91 Å². The molecule has 64 valence electrons. The Morgan fingerprint density at radius 3 is 2.33 bits per heavy atom. The van der Waals surface area contributed by atoms with Gasteiger partial charge in [-0.25, -0.2) is 0 Å². The highest BCUT2D eigenvalue weighted by molar-refractivity contribution is 5.91. The molecule has 0 bridgehead atoms. The number of hydrogen-bond donors (Lipinski definition) is 0. The zero-order valence-corrected chi connectivity index (χ0v) is 7.45. The van der Waals surface area contributed by atoms with E-state index in [0.29, 0.717) is 0 Å². The summed E-state index contributed by atoms with van der Waals surface area (Å²) >= 11 is 0. The molecular weight excluding hydrogens is 150 g/mol. The summed E-state index contributed by atoms with van der Waals surface area (Å²) in [6, 6.07) is 9.68. The molecule has 0 fully saturated rings. The fraction of sp³-hybridized carbons (Fsp3) is 0.300. The van der Waals surface area contributed by atoms with Crippen LogP contribution < -0.4 is 4.90 Å². The van der Waals surface area contributed by atoms with Crippen LogP contribution in [0.2, 0.25) is 0 Å². The van der Waals surface area contributed by atoms with Gasteiger partial charge in [-0.1, -0.05) is 18.2 Å². The van der Waals surface area contributed by atoms with Crippen molar-refractivity contribution >= 4 is 11.6 Å². The predicted molar refractivity (Wildman–Crippen MR) is 50.1 cm³/mol. The van der Waals surface area contributed by atoms with Crippen molar-refractivity contribution in [3.8, 4) is 0 Å². The van der Waals surface area contributed by atoms with Crippen molar-refractivity contribution in [1.82, 2.24) is 0 Å². The molecule has 0 heterocycles. The highest BCUT2D eigenvalue weighted by Crippen LogP contribution is 2.12. The molecule has 0 atom stereocenters. The van der Waals surface area contributed by atoms with Gasteiger partial charge in [0.15, 0.2) is 0 Å². The van der Waals surface area contributed by atoms with Gasteiger partial charge < -0.3 is 4.90 Å². The molecule has 0 unspecified atom stereocenters. The third kappa shape index (κ3) is 1.84. The molecule has 0 spiro atoms. The maximum atomic E-state index is 11.1. The summed E-state index contributed by atoms with van der Waals surface area (Å²) in [6.45, 7) is 4.27. The van der Waals surface area contributed by atoms with Crippen molar-refractivity contribution in [1.29, 1.82) is 0 Å². The third-order valence-electron chi connectivity index (χ3n) is 1.76. The van der Waals surface area contributed by atoms with E-state index in [1.807, 2.05) is 37.3 Å². The molecule has 0 saturated heterocycles. The standard InChI is InChI=1S/C10H13NO/c1-3-11(9(2)12)10-7-5-4-6-8-10/h4-8H,3H2,1-2H3. The van der Waals surface area contributed by atoms with Gasteiger partial charge in [-0.2, -0.15) is 0 Å². The second kappa shape index (κ2) is 3.90. The van der Waals surface area contributed by atoms with Crippen LogP contribution in [0.25, 0.3) is 0 Å². The van der Waals surface area contributed by atoms with E-state index >= 15 is 0 Å². The van der Waals surface area contributed by atoms with E-state index in [9.17, 15) is 4.79 Å². The second-order valence-corrected chi connectivity index (χ2v) is 2.60. The largest absolute Gasteiger partial charge is 0.313 e. The molecule has 12 heavy (non-hydrogen) atoms. The molecular formula is C10H13NO. The summed E-state index contributed by atoms with van der Waals surface area (Å²) in [5.41, 5.74) is 0.965. The Balaban J connectivity index is 2.88. The smallest absolute Gasteiger partial charge is 0.223 e. The Morgan fingerprint density at radius 1 is 1.33 bits per heavy atom. The molecule has 0 aliphatic heterocycles. The Bertz CT molecular complexity index is 256. The number of carbonyl (C=O) groups is 1. The van der Waals surface area contributed by atoms with E-state index in [4.69, 9.17) is 0 Å². The number of amides is 1. The number of anilines is 1. The molecule has 1 aromatic carbocycles. The number of carbonyl (C=O) groups excluding carboxylic acids is 1. The minimum absolute atomic E-state index is 0.0868. The van der Waals surface area contributed by atoms with E-state index in [1.165, 1.54) is 0 Å². The van der Waals surface area contributed by atoms with E-state index in [1.54, 1.807) is 11.8 Å². The Labute approximate surface area is 72.8 Å². The van der Waals surface area contributed by atoms with Crippen LogP contribution in [0.3, 0.4) is 0 Å². The number of nitrogens with zero attached hydrogens (tertiary/aromatic N) is 1. The molecule has 0 aliphatic carbocycles. The van der Waals surface area contributed by atoms with Crippen molar-refractivity contribution in [2.24, 2.45) is 0 Å². The lowest BCUT2D eigenvalue weighted by atomic mass is 10.3. The highest BCUT2D eigenvalue weighted by atomic mass is 16.2. The maximum Gasteiger partial charge on any atom is 0.223 e. The van der Waals surface area contributed by atoms with Crippen LogP contribution >= 0.6 is 0 Å². The van der Waals surface area contributed by atoms with Crippen LogP contribution in [-0.2, 0) is 4.79 Å². The molecule has 0 N–H and O–H groups in total. The van der Waals surface area contributed by atoms with Crippen LogP contribution in [0.1, 0.15) is 13.8 Å². The van der Waals surface area contributed by atoms with E-state index in [2.05, 4.69) is 0 Å². The van der Waals surface area contributed by atoms with Crippen LogP contribution in [-0.4, -0.2) is 12.5 Å². The van der Waals surface area contributed by atoms with Gasteiger partial charge in [0.05, 0.1) is 0 Å². The zero-order chi connectivity index (χ0) is 8.97. The van der Waals surface area contributed by atoms with Crippen LogP contribution in [0.5, 0.6) is 0 Å². The van der Waals surface area contributed by atoms with Crippen molar-refractivity contribution in [2.45, 2.75) is 13.8 Å². The van der Waals surface area contributed by atoms with Gasteiger partial charge in [-0.15, -0.1) is 0 Å². The summed E-state index contributed by atoms with van der Waals surface area (Å²) in [5.74, 6) is 0.0868. The maximum absolute atomic E-state index is 11.1. The van der Waals surface area contributed by atoms with Crippen LogP contribution in [0.15, 0.2) is 30.3 Å². The molecule has 2 heteroatoms. The summed E-state index contributed by atoms with van der Waals surface area (Å²) in [4.78, 5) is 12.8. The first-order valence-electron chi connectivity index (χ1n) is 4.09. The molecule has 1 aromatic rings. The average molecular weight is 163 g/mol. The first-order chi connectivity index (χ1) is 5.75. The third-order valence-corrected chi connectivity index (χ3v) is 1.76. The normalized spacial score (nSPS) is 9.50. The van der Waals surface area contributed by atoms with Crippen molar-refractivity contribution in [3.63, 3.8) is 0 Å². The molecule has 0 aromatic heterocycles. The number of rotatable bonds is 2. The topological polar surface area (TPSA) is 20.3 Å². The van der Waals surface area contributed by atoms with Gasteiger partial charge >= 0.3 is 0 Å². The SMILES string of the molecule is CCN(C(C)=O)c1ccccc1. The summed E-state index contributed by atoms with van der Waals surface area (Å²) in [5, 5.41) is 0. The lowest BCUT2D eigenvalue weighted by molar-refractivity contribution is -0.116. The van der Waals surface area contributed by atoms with Crippen molar-refractivity contribution < 1.29 is 4.79 Å². The van der Waals surface area contributed by atoms with Gasteiger partial charge in [0.2, 0.25) is 5.91 Å². The summed E-state index contributed by atoms with van der Waals surface area (Å²) < 4.78 is 0. The highest BCUT2D eigenvalue weighted by Gasteiger charge is 2.06. The lowest BCUT2D eigenvalue weighted by Gasteiger charge is -2.18. The summed E-state index contributed by atoms with van der Waals surface area (Å²) in [6.07, 6.45) is 0. The van der Waals surface area contributed by atoms with Gasteiger partial charge in [-0.05, 0) is 19.1 Å². The quantitative estimate of drug-likeness (QED) is 0.653. The Morgan fingerprint density at radius 2 is 1.92 bits per heavy atom. The average Bonchev–Trinajstić information content (AvgIpc) is 2.07. The molecule has 0 aliphatic rings. The molecule has 2 nitrogen and oxygen atoms in total. The van der Waals surface area contributed by atoms with Gasteiger partial charge in [-0.3, -0.25) is 4.79 Å². The van der Waals surface area contributed by atoms with E-state index in [0.717, 1.165) is 12.2 Å². The minimum atomic E-state index is 0.0868. The van der Waals surface area contributed by atoms with Crippen molar-refractivity contribution in [3.05, 3.63) is 30.3 Å². The van der Waals surface area contributed by atoms with Crippen LogP contribution in [0, 0.1) is 0 Å². The minimum Gasteiger partial charge on any atom is -0.313 e. The Hall–Kier alpha value is -1.31. The lowest BCUT2D eigenvalue weighted by Crippen LogP contribution is -2.27. The predicted octanol–water partition coefficient (Wildman–Crippen LogP) is 2.06. The van der Waals surface area contributed by atoms with Gasteiger partial charge in [0, 0.05) is 19.2 Å². The fourth-order valence-electron chi connectivity index (χ4n) is 1.19. The first kappa shape index (κ1) is 8.78. The molecule has 1 amide bonds. The van der Waals surface area contributed by atoms with Gasteiger partial charge in [0.1, 0.15) is 0 Å². The molecule has 1 rings (SSSR count). The Kier molecular flexibility index (Phi) is 2.86. The van der Waals surface area contributed by atoms with E-state index < -0.39 is 0 Å². The molecule has 0 saturated carbocycles. The monoisotopic (exact) mass is 163 g/mol. The number of para-hydroxylation sites is 1. The summed E-state index contributed by atoms with van der Waals surface area (Å²) in [7, 11) is 0. The number of hydrogen-bond acceptors (Lipinski definition) is 1. The fourth-order valence-corrected chi connectivity index (χ4v) is 1.19.